The van der Waals surface area contributed by atoms with Crippen molar-refractivity contribution in [3.05, 3.63) is 0 Å². The first-order valence-electron chi connectivity index (χ1n) is 5.08. The summed E-state index contributed by atoms with van der Waals surface area (Å²) in [7, 11) is -3.32. The lowest BCUT2D eigenvalue weighted by Crippen LogP contribution is -2.10. The average Bonchev–Trinajstić information content (AvgIpc) is 2.59. The van der Waals surface area contributed by atoms with Gasteiger partial charge in [0.15, 0.2) is 15.7 Å². The molecule has 0 aliphatic rings. The highest BCUT2D eigenvalue weighted by Crippen LogP contribution is 2.31. The normalized spacial score (nSPS) is 13.6. The molecule has 17 heavy (non-hydrogen) atoms. The van der Waals surface area contributed by atoms with Gasteiger partial charge in [0, 0.05) is 18.1 Å². The molecule has 5 nitrogen and oxygen atoms in total. The van der Waals surface area contributed by atoms with E-state index in [1.807, 2.05) is 0 Å². The van der Waals surface area contributed by atoms with Crippen LogP contribution in [0, 0.1) is 0 Å². The number of anilines is 2. The fourth-order valence-electron chi connectivity index (χ4n) is 1.27. The van der Waals surface area contributed by atoms with E-state index in [0.29, 0.717) is 16.8 Å². The molecule has 0 spiro atoms. The molecule has 0 aliphatic carbocycles. The molecule has 98 valence electrons. The number of nitrogens with one attached hydrogen (secondary N) is 1. The van der Waals surface area contributed by atoms with Gasteiger partial charge in [-0.15, -0.1) is 0 Å². The zero-order valence-electron chi connectivity index (χ0n) is 10.1. The third-order valence-electron chi connectivity index (χ3n) is 2.28. The predicted octanol–water partition coefficient (Wildman–Crippen LogP) is 1.68. The van der Waals surface area contributed by atoms with E-state index >= 15 is 0 Å². The third-order valence-corrected chi connectivity index (χ3v) is 5.43. The molecule has 1 aromatic rings. The van der Waals surface area contributed by atoms with E-state index in [9.17, 15) is 8.42 Å². The molecule has 1 unspecified atom stereocenters. The van der Waals surface area contributed by atoms with Crippen LogP contribution in [0.5, 0.6) is 0 Å². The van der Waals surface area contributed by atoms with Crippen molar-refractivity contribution in [1.82, 2.24) is 4.37 Å². The maximum absolute atomic E-state index is 11.5. The molecule has 0 amide bonds. The summed E-state index contributed by atoms with van der Waals surface area (Å²) >= 11 is 2.87. The quantitative estimate of drug-likeness (QED) is 0.830. The van der Waals surface area contributed by atoms with E-state index in [1.165, 1.54) is 0 Å². The molecule has 1 atom stereocenters. The van der Waals surface area contributed by atoms with Crippen LogP contribution in [0.25, 0.3) is 0 Å². The van der Waals surface area contributed by atoms with Crippen molar-refractivity contribution in [2.45, 2.75) is 23.5 Å². The Bertz CT molecular complexity index is 470. The summed E-state index contributed by atoms with van der Waals surface area (Å²) < 4.78 is 26.9. The molecule has 0 saturated carbocycles. The summed E-state index contributed by atoms with van der Waals surface area (Å²) in [4.78, 5) is 0.124. The number of nitrogens with two attached hydrogens (primary N) is 1. The molecule has 0 aromatic carbocycles. The topological polar surface area (TPSA) is 85.1 Å². The van der Waals surface area contributed by atoms with Crippen LogP contribution >= 0.6 is 23.3 Å². The number of rotatable bonds is 6. The zero-order valence-corrected chi connectivity index (χ0v) is 12.5. The van der Waals surface area contributed by atoms with Gasteiger partial charge >= 0.3 is 0 Å². The molecule has 1 aromatic heterocycles. The van der Waals surface area contributed by atoms with Gasteiger partial charge in [0.25, 0.3) is 0 Å². The number of hydrogen-bond acceptors (Lipinski definition) is 7. The third kappa shape index (κ3) is 4.04. The molecule has 0 fully saturated rings. The minimum Gasteiger partial charge on any atom is -0.382 e. The number of hydrogen-bond donors (Lipinski definition) is 2. The highest BCUT2D eigenvalue weighted by molar-refractivity contribution is 7.99. The minimum absolute atomic E-state index is 0.0814. The molecule has 1 heterocycles. The Morgan fingerprint density at radius 3 is 2.76 bits per heavy atom. The fourth-order valence-corrected chi connectivity index (χ4v) is 3.72. The molecule has 0 saturated heterocycles. The molecule has 0 radical (unpaired) electrons. The highest BCUT2D eigenvalue weighted by atomic mass is 32.2. The maximum atomic E-state index is 11.5. The van der Waals surface area contributed by atoms with Crippen molar-refractivity contribution in [2.75, 3.05) is 30.1 Å². The van der Waals surface area contributed by atoms with Crippen molar-refractivity contribution in [1.29, 1.82) is 0 Å². The SMILES string of the molecule is CSC(C)CCNc1snc(N)c1S(C)(=O)=O. The number of nitrogens with zero attached hydrogens (tertiary/aromatic N) is 1. The van der Waals surface area contributed by atoms with Crippen LogP contribution in [0.3, 0.4) is 0 Å². The summed E-state index contributed by atoms with van der Waals surface area (Å²) in [5.74, 6) is 0.0814. The lowest BCUT2D eigenvalue weighted by Gasteiger charge is -2.09. The second-order valence-corrected chi connectivity index (χ2v) is 7.76. The predicted molar refractivity (Wildman–Crippen MR) is 75.7 cm³/mol. The van der Waals surface area contributed by atoms with E-state index in [4.69, 9.17) is 5.73 Å². The monoisotopic (exact) mass is 295 g/mol. The number of thioether (sulfide) groups is 1. The van der Waals surface area contributed by atoms with Gasteiger partial charge in [-0.3, -0.25) is 0 Å². The van der Waals surface area contributed by atoms with Crippen molar-refractivity contribution in [2.24, 2.45) is 0 Å². The molecule has 8 heteroatoms. The summed E-state index contributed by atoms with van der Waals surface area (Å²) in [5, 5.41) is 4.17. The Labute approximate surface area is 110 Å². The Balaban J connectivity index is 2.73. The van der Waals surface area contributed by atoms with Crippen LogP contribution in [0.4, 0.5) is 10.8 Å². The van der Waals surface area contributed by atoms with Crippen molar-refractivity contribution < 1.29 is 8.42 Å². The van der Waals surface area contributed by atoms with E-state index in [0.717, 1.165) is 24.2 Å². The number of nitrogen functional groups attached to an aromatic ring is 1. The highest BCUT2D eigenvalue weighted by Gasteiger charge is 2.20. The largest absolute Gasteiger partial charge is 0.382 e. The Morgan fingerprint density at radius 2 is 2.24 bits per heavy atom. The van der Waals surface area contributed by atoms with Crippen LogP contribution < -0.4 is 11.1 Å². The van der Waals surface area contributed by atoms with E-state index in [-0.39, 0.29) is 10.7 Å². The first-order chi connectivity index (χ1) is 7.86. The van der Waals surface area contributed by atoms with E-state index in [1.54, 1.807) is 11.8 Å². The maximum Gasteiger partial charge on any atom is 0.182 e. The molecule has 0 aliphatic heterocycles. The Hall–Kier alpha value is -0.470. The smallest absolute Gasteiger partial charge is 0.182 e. The van der Waals surface area contributed by atoms with Crippen LogP contribution in [0.1, 0.15) is 13.3 Å². The Kier molecular flexibility index (Phi) is 5.08. The lowest BCUT2D eigenvalue weighted by atomic mass is 10.3. The molecule has 0 bridgehead atoms. The lowest BCUT2D eigenvalue weighted by molar-refractivity contribution is 0.602. The second kappa shape index (κ2) is 5.92. The van der Waals surface area contributed by atoms with Gasteiger partial charge in [-0.1, -0.05) is 6.92 Å². The van der Waals surface area contributed by atoms with Crippen LogP contribution in [0.2, 0.25) is 0 Å². The summed E-state index contributed by atoms with van der Waals surface area (Å²) in [5.41, 5.74) is 5.56. The van der Waals surface area contributed by atoms with Gasteiger partial charge in [-0.25, -0.2) is 8.42 Å². The summed E-state index contributed by atoms with van der Waals surface area (Å²) in [6.45, 7) is 2.84. The van der Waals surface area contributed by atoms with Gasteiger partial charge < -0.3 is 11.1 Å². The fraction of sp³-hybridized carbons (Fsp3) is 0.667. The van der Waals surface area contributed by atoms with Crippen molar-refractivity contribution in [3.63, 3.8) is 0 Å². The summed E-state index contributed by atoms with van der Waals surface area (Å²) in [6, 6.07) is 0. The second-order valence-electron chi connectivity index (χ2n) is 3.76. The van der Waals surface area contributed by atoms with Crippen molar-refractivity contribution >= 4 is 44.0 Å². The van der Waals surface area contributed by atoms with Gasteiger partial charge in [-0.2, -0.15) is 16.1 Å². The van der Waals surface area contributed by atoms with Crippen LogP contribution in [0.15, 0.2) is 4.90 Å². The molecule has 1 rings (SSSR count). The average molecular weight is 295 g/mol. The number of aromatic nitrogens is 1. The van der Waals surface area contributed by atoms with Crippen molar-refractivity contribution in [3.8, 4) is 0 Å². The van der Waals surface area contributed by atoms with E-state index < -0.39 is 9.84 Å². The van der Waals surface area contributed by atoms with Gasteiger partial charge in [0.05, 0.1) is 0 Å². The van der Waals surface area contributed by atoms with E-state index in [2.05, 4.69) is 22.9 Å². The standard InChI is InChI=1S/C9H17N3O2S3/c1-6(15-2)4-5-11-9-7(17(3,13)14)8(10)12-16-9/h6,11H,4-5H2,1-3H3,(H2,10,12). The number of sulfone groups is 1. The van der Waals surface area contributed by atoms with Crippen LogP contribution in [-0.2, 0) is 9.84 Å². The first-order valence-corrected chi connectivity index (χ1v) is 9.03. The minimum atomic E-state index is -3.32. The van der Waals surface area contributed by atoms with Gasteiger partial charge in [-0.05, 0) is 24.2 Å². The molecule has 3 N–H and O–H groups in total. The first kappa shape index (κ1) is 14.6. The van der Waals surface area contributed by atoms with Gasteiger partial charge in [0.2, 0.25) is 0 Å². The van der Waals surface area contributed by atoms with Crippen LogP contribution in [-0.4, -0.2) is 37.1 Å². The zero-order chi connectivity index (χ0) is 13.1. The molecular weight excluding hydrogens is 278 g/mol. The summed E-state index contributed by atoms with van der Waals surface area (Å²) in [6.07, 6.45) is 4.16. The van der Waals surface area contributed by atoms with Gasteiger partial charge in [0.1, 0.15) is 9.90 Å². The molecular formula is C9H17N3O2S3. The Morgan fingerprint density at radius 1 is 1.59 bits per heavy atom.